The fourth-order valence-electron chi connectivity index (χ4n) is 1.55. The molecule has 0 saturated heterocycles. The van der Waals surface area contributed by atoms with Crippen molar-refractivity contribution in [1.82, 2.24) is 4.98 Å². The summed E-state index contributed by atoms with van der Waals surface area (Å²) in [6.07, 6.45) is 4.01. The van der Waals surface area contributed by atoms with Gasteiger partial charge in [0.05, 0.1) is 6.61 Å². The largest absolute Gasteiger partial charge is 0.478 e. The maximum atomic E-state index is 10.4. The van der Waals surface area contributed by atoms with Gasteiger partial charge < -0.3 is 14.9 Å². The van der Waals surface area contributed by atoms with E-state index in [1.54, 1.807) is 36.4 Å². The van der Waals surface area contributed by atoms with E-state index >= 15 is 0 Å². The van der Waals surface area contributed by atoms with Crippen molar-refractivity contribution in [3.05, 3.63) is 59.8 Å². The molecule has 0 aliphatic rings. The lowest BCUT2D eigenvalue weighted by molar-refractivity contribution is -0.131. The normalized spacial score (nSPS) is 10.7. The highest BCUT2D eigenvalue weighted by Crippen LogP contribution is 2.20. The first-order valence-corrected chi connectivity index (χ1v) is 5.92. The maximum Gasteiger partial charge on any atom is 0.328 e. The molecule has 0 spiro atoms. The van der Waals surface area contributed by atoms with Gasteiger partial charge in [0.1, 0.15) is 5.75 Å². The van der Waals surface area contributed by atoms with Crippen LogP contribution in [0.3, 0.4) is 0 Å². The van der Waals surface area contributed by atoms with Crippen molar-refractivity contribution < 1.29 is 19.7 Å². The summed E-state index contributed by atoms with van der Waals surface area (Å²) < 4.78 is 5.54. The van der Waals surface area contributed by atoms with Crippen molar-refractivity contribution in [3.8, 4) is 11.6 Å². The van der Waals surface area contributed by atoms with Crippen LogP contribution in [0, 0.1) is 0 Å². The topological polar surface area (TPSA) is 79.7 Å². The molecule has 0 aliphatic carbocycles. The van der Waals surface area contributed by atoms with Crippen molar-refractivity contribution >= 4 is 12.0 Å². The quantitative estimate of drug-likeness (QED) is 0.816. The van der Waals surface area contributed by atoms with Crippen LogP contribution in [0.5, 0.6) is 11.6 Å². The maximum absolute atomic E-state index is 10.4. The SMILES string of the molecule is O=C(O)/C=C/c1ccc(Oc2cccc(CO)c2)nc1. The number of rotatable bonds is 5. The molecule has 0 unspecified atom stereocenters. The first-order valence-electron chi connectivity index (χ1n) is 5.92. The van der Waals surface area contributed by atoms with Crippen LogP contribution in [0.4, 0.5) is 0 Å². The second-order valence-corrected chi connectivity index (χ2v) is 4.01. The number of carboxylic acids is 1. The number of aromatic nitrogens is 1. The first-order chi connectivity index (χ1) is 9.67. The summed E-state index contributed by atoms with van der Waals surface area (Å²) in [5.41, 5.74) is 1.42. The summed E-state index contributed by atoms with van der Waals surface area (Å²) in [7, 11) is 0. The van der Waals surface area contributed by atoms with Gasteiger partial charge >= 0.3 is 5.97 Å². The lowest BCUT2D eigenvalue weighted by atomic mass is 10.2. The summed E-state index contributed by atoms with van der Waals surface area (Å²) >= 11 is 0. The van der Waals surface area contributed by atoms with Crippen molar-refractivity contribution in [2.24, 2.45) is 0 Å². The van der Waals surface area contributed by atoms with Gasteiger partial charge in [-0.15, -0.1) is 0 Å². The molecule has 20 heavy (non-hydrogen) atoms. The minimum atomic E-state index is -1.01. The Morgan fingerprint density at radius 1 is 1.30 bits per heavy atom. The number of aliphatic hydroxyl groups is 1. The number of hydrogen-bond donors (Lipinski definition) is 2. The third kappa shape index (κ3) is 3.93. The van der Waals surface area contributed by atoms with E-state index < -0.39 is 5.97 Å². The molecule has 0 fully saturated rings. The van der Waals surface area contributed by atoms with Crippen LogP contribution in [-0.4, -0.2) is 21.2 Å². The predicted molar refractivity (Wildman–Crippen MR) is 73.3 cm³/mol. The van der Waals surface area contributed by atoms with Crippen LogP contribution in [0.15, 0.2) is 48.7 Å². The number of nitrogens with zero attached hydrogens (tertiary/aromatic N) is 1. The molecule has 1 aromatic carbocycles. The average molecular weight is 271 g/mol. The van der Waals surface area contributed by atoms with E-state index in [1.165, 1.54) is 12.3 Å². The highest BCUT2D eigenvalue weighted by atomic mass is 16.5. The van der Waals surface area contributed by atoms with Crippen LogP contribution in [0.1, 0.15) is 11.1 Å². The van der Waals surface area contributed by atoms with E-state index in [9.17, 15) is 4.79 Å². The molecule has 0 atom stereocenters. The number of aliphatic hydroxyl groups excluding tert-OH is 1. The van der Waals surface area contributed by atoms with Crippen molar-refractivity contribution in [2.45, 2.75) is 6.61 Å². The minimum Gasteiger partial charge on any atom is -0.478 e. The standard InChI is InChI=1S/C15H13NO4/c17-10-12-2-1-3-13(8-12)20-14-6-4-11(9-16-14)5-7-15(18)19/h1-9,17H,10H2,(H,18,19)/b7-5+. The van der Waals surface area contributed by atoms with Crippen LogP contribution in [0.2, 0.25) is 0 Å². The lowest BCUT2D eigenvalue weighted by Crippen LogP contribution is -1.90. The molecule has 2 N–H and O–H groups in total. The molecule has 102 valence electrons. The zero-order valence-corrected chi connectivity index (χ0v) is 10.6. The van der Waals surface area contributed by atoms with Gasteiger partial charge in [-0.1, -0.05) is 12.1 Å². The molecule has 0 aliphatic heterocycles. The van der Waals surface area contributed by atoms with Crippen LogP contribution < -0.4 is 4.74 Å². The van der Waals surface area contributed by atoms with Crippen LogP contribution in [0.25, 0.3) is 6.08 Å². The Morgan fingerprint density at radius 3 is 2.80 bits per heavy atom. The molecule has 2 rings (SSSR count). The van der Waals surface area contributed by atoms with E-state index in [2.05, 4.69) is 4.98 Å². The second-order valence-electron chi connectivity index (χ2n) is 4.01. The van der Waals surface area contributed by atoms with E-state index in [0.29, 0.717) is 17.2 Å². The van der Waals surface area contributed by atoms with Gasteiger partial charge in [-0.2, -0.15) is 0 Å². The molecule has 1 heterocycles. The molecular formula is C15H13NO4. The van der Waals surface area contributed by atoms with Gasteiger partial charge in [0, 0.05) is 18.3 Å². The number of benzene rings is 1. The Kier molecular flexibility index (Phi) is 4.47. The Balaban J connectivity index is 2.08. The van der Waals surface area contributed by atoms with Gasteiger partial charge in [0.2, 0.25) is 5.88 Å². The number of ether oxygens (including phenoxy) is 1. The Morgan fingerprint density at radius 2 is 2.15 bits per heavy atom. The van der Waals surface area contributed by atoms with Gasteiger partial charge in [-0.3, -0.25) is 0 Å². The fraction of sp³-hybridized carbons (Fsp3) is 0.0667. The summed E-state index contributed by atoms with van der Waals surface area (Å²) in [5, 5.41) is 17.6. The number of carboxylic acid groups (broad SMARTS) is 1. The number of pyridine rings is 1. The second kappa shape index (κ2) is 6.49. The monoisotopic (exact) mass is 271 g/mol. The Labute approximate surface area is 115 Å². The summed E-state index contributed by atoms with van der Waals surface area (Å²) in [6.45, 7) is -0.0520. The lowest BCUT2D eigenvalue weighted by Gasteiger charge is -2.05. The van der Waals surface area contributed by atoms with E-state index in [1.807, 2.05) is 0 Å². The molecule has 0 radical (unpaired) electrons. The number of hydrogen-bond acceptors (Lipinski definition) is 4. The van der Waals surface area contributed by atoms with Gasteiger partial charge in [-0.25, -0.2) is 9.78 Å². The molecule has 2 aromatic rings. The van der Waals surface area contributed by atoms with E-state index in [4.69, 9.17) is 14.9 Å². The van der Waals surface area contributed by atoms with Crippen LogP contribution in [-0.2, 0) is 11.4 Å². The Bertz CT molecular complexity index is 620. The third-order valence-electron chi connectivity index (χ3n) is 2.48. The zero-order valence-electron chi connectivity index (χ0n) is 10.6. The molecule has 1 aromatic heterocycles. The highest BCUT2D eigenvalue weighted by Gasteiger charge is 2.00. The number of carbonyl (C=O) groups is 1. The molecule has 0 saturated carbocycles. The van der Waals surface area contributed by atoms with Gasteiger partial charge in [0.25, 0.3) is 0 Å². The summed E-state index contributed by atoms with van der Waals surface area (Å²) in [5.74, 6) is -0.0309. The van der Waals surface area contributed by atoms with E-state index in [-0.39, 0.29) is 6.61 Å². The van der Waals surface area contributed by atoms with Crippen molar-refractivity contribution in [3.63, 3.8) is 0 Å². The van der Waals surface area contributed by atoms with E-state index in [0.717, 1.165) is 11.6 Å². The summed E-state index contributed by atoms with van der Waals surface area (Å²) in [6, 6.07) is 10.4. The average Bonchev–Trinajstić information content (AvgIpc) is 2.47. The molecular weight excluding hydrogens is 258 g/mol. The molecule has 0 bridgehead atoms. The first kappa shape index (κ1) is 13.8. The molecule has 5 nitrogen and oxygen atoms in total. The Hall–Kier alpha value is -2.66. The highest BCUT2D eigenvalue weighted by molar-refractivity contribution is 5.85. The fourth-order valence-corrected chi connectivity index (χ4v) is 1.55. The predicted octanol–water partition coefficient (Wildman–Crippen LogP) is 2.46. The van der Waals surface area contributed by atoms with Gasteiger partial charge in [-0.05, 0) is 35.4 Å². The van der Waals surface area contributed by atoms with Crippen molar-refractivity contribution in [2.75, 3.05) is 0 Å². The van der Waals surface area contributed by atoms with Crippen LogP contribution >= 0.6 is 0 Å². The third-order valence-corrected chi connectivity index (χ3v) is 2.48. The van der Waals surface area contributed by atoms with Crippen molar-refractivity contribution in [1.29, 1.82) is 0 Å². The summed E-state index contributed by atoms with van der Waals surface area (Å²) in [4.78, 5) is 14.5. The zero-order chi connectivity index (χ0) is 14.4. The minimum absolute atomic E-state index is 0.0520. The molecule has 5 heteroatoms. The van der Waals surface area contributed by atoms with Gasteiger partial charge in [0.15, 0.2) is 0 Å². The smallest absolute Gasteiger partial charge is 0.328 e. The number of aliphatic carboxylic acids is 1. The molecule has 0 amide bonds.